The molecule has 27 heavy (non-hydrogen) atoms. The zero-order valence-corrected chi connectivity index (χ0v) is 15.4. The highest BCUT2D eigenvalue weighted by molar-refractivity contribution is 6.04. The maximum Gasteiger partial charge on any atom is 0.230 e. The molecule has 2 fully saturated rings. The van der Waals surface area contributed by atoms with E-state index in [1.165, 1.54) is 12.8 Å². The fourth-order valence-corrected chi connectivity index (χ4v) is 4.05. The van der Waals surface area contributed by atoms with Gasteiger partial charge < -0.3 is 15.0 Å². The first kappa shape index (κ1) is 17.6. The Labute approximate surface area is 158 Å². The number of hydrogen-bond donors (Lipinski definition) is 1. The third-order valence-corrected chi connectivity index (χ3v) is 5.46. The molecule has 1 aromatic carbocycles. The summed E-state index contributed by atoms with van der Waals surface area (Å²) < 4.78 is 7.27. The first-order valence-corrected chi connectivity index (χ1v) is 9.45. The van der Waals surface area contributed by atoms with E-state index in [1.807, 2.05) is 35.0 Å². The molecule has 1 unspecified atom stereocenters. The second kappa shape index (κ2) is 7.42. The van der Waals surface area contributed by atoms with Gasteiger partial charge in [-0.3, -0.25) is 9.59 Å². The molecule has 1 saturated carbocycles. The molecule has 4 rings (SSSR count). The van der Waals surface area contributed by atoms with Crippen LogP contribution >= 0.6 is 0 Å². The van der Waals surface area contributed by atoms with Crippen LogP contribution in [0.15, 0.2) is 36.5 Å². The summed E-state index contributed by atoms with van der Waals surface area (Å²) in [6.45, 7) is 0.350. The third kappa shape index (κ3) is 3.41. The fourth-order valence-electron chi connectivity index (χ4n) is 4.05. The van der Waals surface area contributed by atoms with Crippen molar-refractivity contribution < 1.29 is 14.3 Å². The van der Waals surface area contributed by atoms with Crippen molar-refractivity contribution in [1.29, 1.82) is 0 Å². The largest absolute Gasteiger partial charge is 0.495 e. The molecule has 2 aliphatic rings. The van der Waals surface area contributed by atoms with Crippen molar-refractivity contribution in [3.8, 4) is 5.75 Å². The Balaban J connectivity index is 1.46. The van der Waals surface area contributed by atoms with E-state index in [2.05, 4.69) is 10.4 Å². The van der Waals surface area contributed by atoms with Gasteiger partial charge >= 0.3 is 0 Å². The lowest BCUT2D eigenvalue weighted by Gasteiger charge is -2.19. The molecule has 1 saturated heterocycles. The molecule has 0 bridgehead atoms. The van der Waals surface area contributed by atoms with Gasteiger partial charge in [-0.15, -0.1) is 0 Å². The van der Waals surface area contributed by atoms with E-state index in [0.29, 0.717) is 24.0 Å². The van der Waals surface area contributed by atoms with Crippen molar-refractivity contribution in [3.63, 3.8) is 0 Å². The number of anilines is 2. The molecule has 7 heteroatoms. The summed E-state index contributed by atoms with van der Waals surface area (Å²) in [6.07, 6.45) is 6.49. The van der Waals surface area contributed by atoms with Gasteiger partial charge in [-0.05, 0) is 25.0 Å². The molecule has 2 aromatic rings. The first-order valence-electron chi connectivity index (χ1n) is 9.45. The van der Waals surface area contributed by atoms with Crippen LogP contribution in [0.2, 0.25) is 0 Å². The molecule has 1 aromatic heterocycles. The van der Waals surface area contributed by atoms with Crippen molar-refractivity contribution in [3.05, 3.63) is 36.5 Å². The maximum atomic E-state index is 12.8. The van der Waals surface area contributed by atoms with Crippen LogP contribution in [0.4, 0.5) is 11.5 Å². The lowest BCUT2D eigenvalue weighted by Crippen LogP contribution is -2.29. The van der Waals surface area contributed by atoms with Gasteiger partial charge in [-0.25, -0.2) is 4.68 Å². The van der Waals surface area contributed by atoms with Gasteiger partial charge in [0, 0.05) is 19.0 Å². The molecule has 142 valence electrons. The summed E-state index contributed by atoms with van der Waals surface area (Å²) in [6, 6.07) is 9.55. The SMILES string of the molecule is COc1ccccc1N1CC(C(=O)Nc2ccnn2C2CCCC2)CC1=O. The van der Waals surface area contributed by atoms with E-state index in [9.17, 15) is 9.59 Å². The Bertz CT molecular complexity index is 841. The number of rotatable bonds is 5. The topological polar surface area (TPSA) is 76.5 Å². The minimum absolute atomic E-state index is 0.0658. The molecule has 1 atom stereocenters. The first-order chi connectivity index (χ1) is 13.2. The molecule has 7 nitrogen and oxygen atoms in total. The standard InChI is InChI=1S/C20H24N4O3/c1-27-17-9-5-4-8-16(17)23-13-14(12-19(23)25)20(26)22-18-10-11-21-24(18)15-6-2-3-7-15/h4-5,8-11,14-15H,2-3,6-7,12-13H2,1H3,(H,22,26). The molecule has 2 heterocycles. The van der Waals surface area contributed by atoms with Gasteiger partial charge in [-0.2, -0.15) is 5.10 Å². The molecule has 2 amide bonds. The minimum Gasteiger partial charge on any atom is -0.495 e. The van der Waals surface area contributed by atoms with Crippen LogP contribution < -0.4 is 15.0 Å². The number of para-hydroxylation sites is 2. The average molecular weight is 368 g/mol. The maximum absolute atomic E-state index is 12.8. The van der Waals surface area contributed by atoms with Crippen LogP contribution in [0.25, 0.3) is 0 Å². The van der Waals surface area contributed by atoms with Crippen LogP contribution in [-0.4, -0.2) is 35.2 Å². The highest BCUT2D eigenvalue weighted by Crippen LogP contribution is 2.34. The van der Waals surface area contributed by atoms with Gasteiger partial charge in [0.15, 0.2) is 0 Å². The molecular formula is C20H24N4O3. The molecule has 0 spiro atoms. The number of nitrogens with one attached hydrogen (secondary N) is 1. The van der Waals surface area contributed by atoms with Crippen molar-refractivity contribution in [2.75, 3.05) is 23.9 Å². The van der Waals surface area contributed by atoms with Crippen LogP contribution in [0.1, 0.15) is 38.1 Å². The molecule has 1 aliphatic heterocycles. The van der Waals surface area contributed by atoms with E-state index in [1.54, 1.807) is 18.2 Å². The second-order valence-electron chi connectivity index (χ2n) is 7.17. The predicted octanol–water partition coefficient (Wildman–Crippen LogP) is 3.00. The van der Waals surface area contributed by atoms with E-state index in [-0.39, 0.29) is 18.2 Å². The summed E-state index contributed by atoms with van der Waals surface area (Å²) in [5.74, 6) is 0.750. The number of benzene rings is 1. The molecule has 0 radical (unpaired) electrons. The van der Waals surface area contributed by atoms with E-state index in [4.69, 9.17) is 4.74 Å². The lowest BCUT2D eigenvalue weighted by atomic mass is 10.1. The Morgan fingerprint density at radius 3 is 2.78 bits per heavy atom. The van der Waals surface area contributed by atoms with E-state index in [0.717, 1.165) is 18.7 Å². The summed E-state index contributed by atoms with van der Waals surface area (Å²) in [7, 11) is 1.58. The zero-order valence-electron chi connectivity index (χ0n) is 15.4. The molecule has 1 aliphatic carbocycles. The summed E-state index contributed by atoms with van der Waals surface area (Å²) >= 11 is 0. The Hall–Kier alpha value is -2.83. The number of carbonyl (C=O) groups is 2. The zero-order chi connectivity index (χ0) is 18.8. The number of ether oxygens (including phenoxy) is 1. The molecular weight excluding hydrogens is 344 g/mol. The van der Waals surface area contributed by atoms with Gasteiger partial charge in [0.1, 0.15) is 11.6 Å². The van der Waals surface area contributed by atoms with Crippen LogP contribution in [0.3, 0.4) is 0 Å². The van der Waals surface area contributed by atoms with Crippen LogP contribution in [0.5, 0.6) is 5.75 Å². The number of hydrogen-bond acceptors (Lipinski definition) is 4. The van der Waals surface area contributed by atoms with Crippen molar-refractivity contribution in [2.45, 2.75) is 38.1 Å². The van der Waals surface area contributed by atoms with Crippen LogP contribution in [0, 0.1) is 5.92 Å². The van der Waals surface area contributed by atoms with Gasteiger partial charge in [0.2, 0.25) is 11.8 Å². The number of aromatic nitrogens is 2. The minimum atomic E-state index is -0.394. The Morgan fingerprint density at radius 1 is 1.22 bits per heavy atom. The van der Waals surface area contributed by atoms with Crippen molar-refractivity contribution >= 4 is 23.3 Å². The quantitative estimate of drug-likeness (QED) is 0.880. The molecule has 1 N–H and O–H groups in total. The summed E-state index contributed by atoms with van der Waals surface area (Å²) in [4.78, 5) is 26.9. The Morgan fingerprint density at radius 2 is 2.00 bits per heavy atom. The van der Waals surface area contributed by atoms with Crippen LogP contribution in [-0.2, 0) is 9.59 Å². The second-order valence-corrected chi connectivity index (χ2v) is 7.17. The van der Waals surface area contributed by atoms with Gasteiger partial charge in [0.25, 0.3) is 0 Å². The summed E-state index contributed by atoms with van der Waals surface area (Å²) in [5.41, 5.74) is 0.705. The fraction of sp³-hybridized carbons (Fsp3) is 0.450. The Kier molecular flexibility index (Phi) is 4.83. The average Bonchev–Trinajstić information content (AvgIpc) is 3.42. The predicted molar refractivity (Wildman–Crippen MR) is 102 cm³/mol. The van der Waals surface area contributed by atoms with E-state index >= 15 is 0 Å². The highest BCUT2D eigenvalue weighted by atomic mass is 16.5. The number of carbonyl (C=O) groups excluding carboxylic acids is 2. The monoisotopic (exact) mass is 368 g/mol. The number of nitrogens with zero attached hydrogens (tertiary/aromatic N) is 3. The van der Waals surface area contributed by atoms with E-state index < -0.39 is 5.92 Å². The summed E-state index contributed by atoms with van der Waals surface area (Å²) in [5, 5.41) is 7.37. The third-order valence-electron chi connectivity index (χ3n) is 5.46. The van der Waals surface area contributed by atoms with Gasteiger partial charge in [-0.1, -0.05) is 25.0 Å². The highest BCUT2D eigenvalue weighted by Gasteiger charge is 2.36. The lowest BCUT2D eigenvalue weighted by molar-refractivity contribution is -0.122. The normalized spacial score (nSPS) is 20.3. The van der Waals surface area contributed by atoms with Crippen molar-refractivity contribution in [2.24, 2.45) is 5.92 Å². The number of methoxy groups -OCH3 is 1. The smallest absolute Gasteiger partial charge is 0.230 e. The van der Waals surface area contributed by atoms with Crippen molar-refractivity contribution in [1.82, 2.24) is 9.78 Å². The van der Waals surface area contributed by atoms with Gasteiger partial charge in [0.05, 0.1) is 31.0 Å². The number of amides is 2.